The van der Waals surface area contributed by atoms with E-state index in [0.29, 0.717) is 23.5 Å². The van der Waals surface area contributed by atoms with E-state index >= 15 is 0 Å². The first-order valence-electron chi connectivity index (χ1n) is 5.85. The van der Waals surface area contributed by atoms with Crippen LogP contribution < -0.4 is 10.6 Å². The van der Waals surface area contributed by atoms with Crippen molar-refractivity contribution >= 4 is 11.4 Å². The highest BCUT2D eigenvalue weighted by Gasteiger charge is 2.08. The zero-order chi connectivity index (χ0) is 13.8. The molecule has 0 aliphatic rings. The molecule has 0 bridgehead atoms. The van der Waals surface area contributed by atoms with E-state index in [0.717, 1.165) is 5.56 Å². The van der Waals surface area contributed by atoms with Crippen LogP contribution in [0.5, 0.6) is 0 Å². The first-order valence-corrected chi connectivity index (χ1v) is 5.85. The fraction of sp³-hybridized carbons (Fsp3) is 0.133. The van der Waals surface area contributed by atoms with Crippen LogP contribution >= 0.6 is 0 Å². The van der Waals surface area contributed by atoms with Gasteiger partial charge in [0.25, 0.3) is 0 Å². The Bertz CT molecular complexity index is 632. The maximum Gasteiger partial charge on any atom is 0.148 e. The summed E-state index contributed by atoms with van der Waals surface area (Å²) in [7, 11) is 1.80. The van der Waals surface area contributed by atoms with E-state index in [1.807, 2.05) is 12.1 Å². The van der Waals surface area contributed by atoms with Crippen LogP contribution in [0.4, 0.5) is 15.8 Å². The van der Waals surface area contributed by atoms with Gasteiger partial charge in [0.2, 0.25) is 0 Å². The van der Waals surface area contributed by atoms with Gasteiger partial charge in [-0.1, -0.05) is 12.1 Å². The molecule has 0 aromatic heterocycles. The van der Waals surface area contributed by atoms with E-state index in [1.54, 1.807) is 36.2 Å². The number of benzene rings is 2. The van der Waals surface area contributed by atoms with Crippen molar-refractivity contribution in [2.75, 3.05) is 17.7 Å². The summed E-state index contributed by atoms with van der Waals surface area (Å²) < 4.78 is 13.8. The number of hydrogen-bond donors (Lipinski definition) is 1. The fourth-order valence-corrected chi connectivity index (χ4v) is 1.93. The Morgan fingerprint density at radius 1 is 1.26 bits per heavy atom. The number of halogens is 1. The normalized spacial score (nSPS) is 9.95. The molecule has 0 unspecified atom stereocenters. The van der Waals surface area contributed by atoms with Crippen LogP contribution in [0.2, 0.25) is 0 Å². The van der Waals surface area contributed by atoms with E-state index in [2.05, 4.69) is 6.07 Å². The molecule has 0 radical (unpaired) electrons. The van der Waals surface area contributed by atoms with Crippen LogP contribution in [-0.4, -0.2) is 7.05 Å². The van der Waals surface area contributed by atoms with E-state index in [4.69, 9.17) is 11.0 Å². The molecule has 96 valence electrons. The number of anilines is 2. The number of rotatable bonds is 3. The minimum absolute atomic E-state index is 0.348. The van der Waals surface area contributed by atoms with Crippen molar-refractivity contribution < 1.29 is 4.39 Å². The predicted molar refractivity (Wildman–Crippen MR) is 74.1 cm³/mol. The standard InChI is InChI=1S/C15H14FN3/c1-19(15-6-5-13(18)8-14(15)16)10-12-4-2-3-11(7-12)9-17/h2-8H,10,18H2,1H3. The molecule has 0 atom stereocenters. The predicted octanol–water partition coefficient (Wildman–Crippen LogP) is 2.92. The number of nitrogens with two attached hydrogens (primary N) is 1. The molecular weight excluding hydrogens is 241 g/mol. The lowest BCUT2D eigenvalue weighted by atomic mass is 10.1. The van der Waals surface area contributed by atoms with Gasteiger partial charge in [0, 0.05) is 19.3 Å². The Morgan fingerprint density at radius 3 is 2.74 bits per heavy atom. The number of hydrogen-bond acceptors (Lipinski definition) is 3. The first kappa shape index (κ1) is 12.9. The number of nitriles is 1. The highest BCUT2D eigenvalue weighted by atomic mass is 19.1. The highest BCUT2D eigenvalue weighted by molar-refractivity contribution is 5.54. The van der Waals surface area contributed by atoms with Gasteiger partial charge in [-0.05, 0) is 35.9 Å². The average molecular weight is 255 g/mol. The molecule has 0 amide bonds. The molecule has 4 heteroatoms. The summed E-state index contributed by atoms with van der Waals surface area (Å²) in [5, 5.41) is 8.85. The Labute approximate surface area is 111 Å². The zero-order valence-electron chi connectivity index (χ0n) is 10.6. The van der Waals surface area contributed by atoms with Gasteiger partial charge in [0.1, 0.15) is 5.82 Å². The van der Waals surface area contributed by atoms with Crippen LogP contribution in [-0.2, 0) is 6.54 Å². The molecule has 2 aromatic rings. The quantitative estimate of drug-likeness (QED) is 0.858. The van der Waals surface area contributed by atoms with Crippen LogP contribution in [0, 0.1) is 17.1 Å². The van der Waals surface area contributed by atoms with Crippen LogP contribution in [0.1, 0.15) is 11.1 Å². The third-order valence-corrected chi connectivity index (χ3v) is 2.86. The monoisotopic (exact) mass is 255 g/mol. The second-order valence-corrected chi connectivity index (χ2v) is 4.38. The van der Waals surface area contributed by atoms with Crippen molar-refractivity contribution in [1.29, 1.82) is 5.26 Å². The number of nitrogens with zero attached hydrogens (tertiary/aromatic N) is 2. The van der Waals surface area contributed by atoms with Crippen molar-refractivity contribution in [2.24, 2.45) is 0 Å². The lowest BCUT2D eigenvalue weighted by molar-refractivity contribution is 0.623. The Balaban J connectivity index is 2.20. The number of nitrogen functional groups attached to an aromatic ring is 1. The molecule has 0 aliphatic heterocycles. The second kappa shape index (κ2) is 5.40. The van der Waals surface area contributed by atoms with Gasteiger partial charge in [-0.25, -0.2) is 4.39 Å². The summed E-state index contributed by atoms with van der Waals surface area (Å²) in [6.07, 6.45) is 0. The van der Waals surface area contributed by atoms with Crippen molar-refractivity contribution in [3.05, 3.63) is 59.4 Å². The van der Waals surface area contributed by atoms with Gasteiger partial charge in [-0.15, -0.1) is 0 Å². The molecule has 2 N–H and O–H groups in total. The maximum atomic E-state index is 13.8. The summed E-state index contributed by atoms with van der Waals surface area (Å²) >= 11 is 0. The van der Waals surface area contributed by atoms with Gasteiger partial charge in [-0.3, -0.25) is 0 Å². The Morgan fingerprint density at radius 2 is 2.05 bits per heavy atom. The summed E-state index contributed by atoms with van der Waals surface area (Å²) in [6, 6.07) is 14.0. The Hall–Kier alpha value is -2.54. The summed E-state index contributed by atoms with van der Waals surface area (Å²) in [5.74, 6) is -0.348. The zero-order valence-corrected chi connectivity index (χ0v) is 10.6. The third kappa shape index (κ3) is 3.02. The Kier molecular flexibility index (Phi) is 3.67. The summed E-state index contributed by atoms with van der Waals surface area (Å²) in [6.45, 7) is 0.524. The SMILES string of the molecule is CN(Cc1cccc(C#N)c1)c1ccc(N)cc1F. The van der Waals surface area contributed by atoms with E-state index in [9.17, 15) is 4.39 Å². The fourth-order valence-electron chi connectivity index (χ4n) is 1.93. The molecule has 2 rings (SSSR count). The molecular formula is C15H14FN3. The molecule has 0 spiro atoms. The molecule has 19 heavy (non-hydrogen) atoms. The molecule has 0 saturated carbocycles. The average Bonchev–Trinajstić information content (AvgIpc) is 2.38. The van der Waals surface area contributed by atoms with Gasteiger partial charge in [0.15, 0.2) is 0 Å². The molecule has 2 aromatic carbocycles. The van der Waals surface area contributed by atoms with E-state index < -0.39 is 0 Å². The van der Waals surface area contributed by atoms with E-state index in [1.165, 1.54) is 6.07 Å². The minimum Gasteiger partial charge on any atom is -0.399 e. The molecule has 3 nitrogen and oxygen atoms in total. The molecule has 0 aliphatic carbocycles. The van der Waals surface area contributed by atoms with Crippen molar-refractivity contribution in [1.82, 2.24) is 0 Å². The topological polar surface area (TPSA) is 53.0 Å². The largest absolute Gasteiger partial charge is 0.399 e. The van der Waals surface area contributed by atoms with Gasteiger partial charge in [0.05, 0.1) is 17.3 Å². The van der Waals surface area contributed by atoms with Crippen LogP contribution in [0.15, 0.2) is 42.5 Å². The van der Waals surface area contributed by atoms with Crippen LogP contribution in [0.3, 0.4) is 0 Å². The lowest BCUT2D eigenvalue weighted by Gasteiger charge is -2.20. The summed E-state index contributed by atoms with van der Waals surface area (Å²) in [5.41, 5.74) is 7.97. The van der Waals surface area contributed by atoms with Crippen molar-refractivity contribution in [2.45, 2.75) is 6.54 Å². The molecule has 0 heterocycles. The van der Waals surface area contributed by atoms with Gasteiger partial charge in [-0.2, -0.15) is 5.26 Å². The highest BCUT2D eigenvalue weighted by Crippen LogP contribution is 2.22. The summed E-state index contributed by atoms with van der Waals surface area (Å²) in [4.78, 5) is 1.78. The van der Waals surface area contributed by atoms with Gasteiger partial charge < -0.3 is 10.6 Å². The smallest absolute Gasteiger partial charge is 0.148 e. The van der Waals surface area contributed by atoms with E-state index in [-0.39, 0.29) is 5.82 Å². The first-order chi connectivity index (χ1) is 9.10. The maximum absolute atomic E-state index is 13.8. The second-order valence-electron chi connectivity index (χ2n) is 4.38. The third-order valence-electron chi connectivity index (χ3n) is 2.86. The van der Waals surface area contributed by atoms with Crippen molar-refractivity contribution in [3.8, 4) is 6.07 Å². The van der Waals surface area contributed by atoms with Crippen molar-refractivity contribution in [3.63, 3.8) is 0 Å². The van der Waals surface area contributed by atoms with Crippen LogP contribution in [0.25, 0.3) is 0 Å². The lowest BCUT2D eigenvalue weighted by Crippen LogP contribution is -2.17. The molecule has 0 fully saturated rings. The molecule has 0 saturated heterocycles. The minimum atomic E-state index is -0.348. The van der Waals surface area contributed by atoms with Gasteiger partial charge >= 0.3 is 0 Å².